The Morgan fingerprint density at radius 2 is 1.95 bits per heavy atom. The standard InChI is InChI=1S/C14H15Cl2NO2S2/c1-10(14-4-3-7-20-14)17(2)21(18,19)9-11-5-6-12(15)13(16)8-11/h3-8,10H,9H2,1-2H3. The molecule has 21 heavy (non-hydrogen) atoms. The molecule has 0 fully saturated rings. The molecule has 3 nitrogen and oxygen atoms in total. The lowest BCUT2D eigenvalue weighted by Gasteiger charge is -2.23. The number of hydrogen-bond donors (Lipinski definition) is 0. The van der Waals surface area contributed by atoms with Gasteiger partial charge in [-0.3, -0.25) is 0 Å². The number of hydrogen-bond acceptors (Lipinski definition) is 3. The number of benzene rings is 1. The molecule has 2 aromatic rings. The van der Waals surface area contributed by atoms with E-state index in [0.717, 1.165) is 4.88 Å². The van der Waals surface area contributed by atoms with Gasteiger partial charge in [0.05, 0.1) is 21.8 Å². The van der Waals surface area contributed by atoms with Crippen molar-refractivity contribution in [3.05, 3.63) is 56.2 Å². The van der Waals surface area contributed by atoms with Crippen LogP contribution in [0.2, 0.25) is 10.0 Å². The van der Waals surface area contributed by atoms with E-state index in [9.17, 15) is 8.42 Å². The lowest BCUT2D eigenvalue weighted by molar-refractivity contribution is 0.402. The van der Waals surface area contributed by atoms with E-state index in [-0.39, 0.29) is 11.8 Å². The zero-order valence-corrected chi connectivity index (χ0v) is 14.7. The normalized spacial score (nSPS) is 13.6. The smallest absolute Gasteiger partial charge is 0.212 e. The van der Waals surface area contributed by atoms with Crippen molar-refractivity contribution in [2.24, 2.45) is 0 Å². The second-order valence-electron chi connectivity index (χ2n) is 4.71. The molecule has 0 bridgehead atoms. The molecule has 0 aliphatic heterocycles. The van der Waals surface area contributed by atoms with Gasteiger partial charge in [0.1, 0.15) is 0 Å². The van der Waals surface area contributed by atoms with Crippen molar-refractivity contribution in [1.82, 2.24) is 4.31 Å². The van der Waals surface area contributed by atoms with Crippen LogP contribution in [0.25, 0.3) is 0 Å². The van der Waals surface area contributed by atoms with Crippen LogP contribution < -0.4 is 0 Å². The second-order valence-corrected chi connectivity index (χ2v) is 8.53. The van der Waals surface area contributed by atoms with Gasteiger partial charge >= 0.3 is 0 Å². The molecule has 7 heteroatoms. The first-order valence-electron chi connectivity index (χ1n) is 6.24. The Hall–Kier alpha value is -0.590. The Morgan fingerprint density at radius 1 is 1.24 bits per heavy atom. The Morgan fingerprint density at radius 3 is 2.52 bits per heavy atom. The van der Waals surface area contributed by atoms with E-state index in [4.69, 9.17) is 23.2 Å². The topological polar surface area (TPSA) is 37.4 Å². The summed E-state index contributed by atoms with van der Waals surface area (Å²) in [5.74, 6) is -0.101. The van der Waals surface area contributed by atoms with Crippen LogP contribution in [-0.2, 0) is 15.8 Å². The van der Waals surface area contributed by atoms with Gasteiger partial charge in [-0.2, -0.15) is 4.31 Å². The Balaban J connectivity index is 2.19. The number of halogens is 2. The summed E-state index contributed by atoms with van der Waals surface area (Å²) in [4.78, 5) is 1.01. The fourth-order valence-electron chi connectivity index (χ4n) is 1.89. The summed E-state index contributed by atoms with van der Waals surface area (Å²) >= 11 is 13.3. The van der Waals surface area contributed by atoms with Crippen LogP contribution in [0.4, 0.5) is 0 Å². The van der Waals surface area contributed by atoms with Crippen molar-refractivity contribution in [2.75, 3.05) is 7.05 Å². The van der Waals surface area contributed by atoms with Gasteiger partial charge in [0.2, 0.25) is 10.0 Å². The highest BCUT2D eigenvalue weighted by Crippen LogP contribution is 2.28. The third-order valence-electron chi connectivity index (χ3n) is 3.27. The van der Waals surface area contributed by atoms with Crippen LogP contribution in [-0.4, -0.2) is 19.8 Å². The molecular weight excluding hydrogens is 349 g/mol. The maximum absolute atomic E-state index is 12.5. The zero-order valence-electron chi connectivity index (χ0n) is 11.6. The van der Waals surface area contributed by atoms with Gasteiger partial charge < -0.3 is 0 Å². The van der Waals surface area contributed by atoms with Crippen molar-refractivity contribution in [3.63, 3.8) is 0 Å². The van der Waals surface area contributed by atoms with Gasteiger partial charge in [0.25, 0.3) is 0 Å². The molecule has 0 aliphatic rings. The summed E-state index contributed by atoms with van der Waals surface area (Å²) in [6.45, 7) is 1.87. The van der Waals surface area contributed by atoms with E-state index in [1.54, 1.807) is 36.6 Å². The predicted molar refractivity (Wildman–Crippen MR) is 89.6 cm³/mol. The van der Waals surface area contributed by atoms with Gasteiger partial charge in [0, 0.05) is 11.9 Å². The molecule has 0 spiro atoms. The molecule has 0 N–H and O–H groups in total. The van der Waals surface area contributed by atoms with E-state index in [2.05, 4.69) is 0 Å². The zero-order chi connectivity index (χ0) is 15.6. The summed E-state index contributed by atoms with van der Waals surface area (Å²) in [6.07, 6.45) is 0. The molecule has 114 valence electrons. The van der Waals surface area contributed by atoms with Crippen molar-refractivity contribution in [1.29, 1.82) is 0 Å². The molecule has 0 saturated carbocycles. The van der Waals surface area contributed by atoms with E-state index < -0.39 is 10.0 Å². The first-order chi connectivity index (χ1) is 9.81. The molecule has 1 atom stereocenters. The van der Waals surface area contributed by atoms with E-state index in [1.165, 1.54) is 4.31 Å². The van der Waals surface area contributed by atoms with Gasteiger partial charge in [-0.1, -0.05) is 35.3 Å². The maximum atomic E-state index is 12.5. The minimum absolute atomic E-state index is 0.101. The van der Waals surface area contributed by atoms with Crippen molar-refractivity contribution in [2.45, 2.75) is 18.7 Å². The summed E-state index contributed by atoms with van der Waals surface area (Å²) in [6, 6.07) is 8.52. The molecule has 0 aliphatic carbocycles. The largest absolute Gasteiger partial charge is 0.218 e. The Labute approximate surface area is 139 Å². The van der Waals surface area contributed by atoms with Crippen LogP contribution in [0.3, 0.4) is 0 Å². The van der Waals surface area contributed by atoms with Gasteiger partial charge in [-0.15, -0.1) is 11.3 Å². The van der Waals surface area contributed by atoms with Crippen molar-refractivity contribution < 1.29 is 8.42 Å². The van der Waals surface area contributed by atoms with Crippen molar-refractivity contribution in [3.8, 4) is 0 Å². The Bertz CT molecular complexity index is 715. The van der Waals surface area contributed by atoms with Crippen LogP contribution in [0, 0.1) is 0 Å². The molecule has 2 rings (SSSR count). The van der Waals surface area contributed by atoms with E-state index in [0.29, 0.717) is 15.6 Å². The highest BCUT2D eigenvalue weighted by Gasteiger charge is 2.25. The molecule has 1 heterocycles. The second kappa shape index (κ2) is 6.67. The van der Waals surface area contributed by atoms with Crippen molar-refractivity contribution >= 4 is 44.6 Å². The number of sulfonamides is 1. The fraction of sp³-hybridized carbons (Fsp3) is 0.286. The highest BCUT2D eigenvalue weighted by atomic mass is 35.5. The number of thiophene rings is 1. The average molecular weight is 364 g/mol. The monoisotopic (exact) mass is 363 g/mol. The average Bonchev–Trinajstić information content (AvgIpc) is 2.95. The predicted octanol–water partition coefficient (Wildman–Crippen LogP) is 4.58. The first-order valence-corrected chi connectivity index (χ1v) is 9.49. The minimum Gasteiger partial charge on any atom is -0.212 e. The first kappa shape index (κ1) is 16.8. The van der Waals surface area contributed by atoms with Crippen LogP contribution in [0.15, 0.2) is 35.7 Å². The minimum atomic E-state index is -3.43. The Kier molecular flexibility index (Phi) is 5.33. The highest BCUT2D eigenvalue weighted by molar-refractivity contribution is 7.88. The summed E-state index contributed by atoms with van der Waals surface area (Å²) in [7, 11) is -1.84. The molecule has 0 amide bonds. The molecule has 0 radical (unpaired) electrons. The third-order valence-corrected chi connectivity index (χ3v) is 6.95. The summed E-state index contributed by atoms with van der Waals surface area (Å²) in [5.41, 5.74) is 0.620. The third kappa shape index (κ3) is 3.99. The molecule has 1 unspecified atom stereocenters. The SMILES string of the molecule is CC(c1cccs1)N(C)S(=O)(=O)Cc1ccc(Cl)c(Cl)c1. The van der Waals surface area contributed by atoms with Crippen LogP contribution >= 0.6 is 34.5 Å². The van der Waals surface area contributed by atoms with Crippen LogP contribution in [0.5, 0.6) is 0 Å². The quantitative estimate of drug-likeness (QED) is 0.779. The molecule has 1 aromatic carbocycles. The van der Waals surface area contributed by atoms with E-state index >= 15 is 0 Å². The molecule has 0 saturated heterocycles. The van der Waals surface area contributed by atoms with E-state index in [1.807, 2.05) is 24.4 Å². The number of rotatable bonds is 5. The molecular formula is C14H15Cl2NO2S2. The lowest BCUT2D eigenvalue weighted by Crippen LogP contribution is -2.30. The maximum Gasteiger partial charge on any atom is 0.218 e. The molecule has 1 aromatic heterocycles. The van der Waals surface area contributed by atoms with Gasteiger partial charge in [-0.05, 0) is 36.1 Å². The van der Waals surface area contributed by atoms with Crippen LogP contribution in [0.1, 0.15) is 23.4 Å². The fourth-order valence-corrected chi connectivity index (χ4v) is 4.50. The number of nitrogens with zero attached hydrogens (tertiary/aromatic N) is 1. The summed E-state index contributed by atoms with van der Waals surface area (Å²) < 4.78 is 26.4. The van der Waals surface area contributed by atoms with Gasteiger partial charge in [0.15, 0.2) is 0 Å². The lowest BCUT2D eigenvalue weighted by atomic mass is 10.2. The van der Waals surface area contributed by atoms with Gasteiger partial charge in [-0.25, -0.2) is 8.42 Å². The summed E-state index contributed by atoms with van der Waals surface area (Å²) in [5, 5.41) is 2.71.